The summed E-state index contributed by atoms with van der Waals surface area (Å²) < 4.78 is 11.0. The number of rotatable bonds is 10. The van der Waals surface area contributed by atoms with E-state index in [1.165, 1.54) is 0 Å². The van der Waals surface area contributed by atoms with E-state index in [-0.39, 0.29) is 18.6 Å². The maximum Gasteiger partial charge on any atom is 0.338 e. The summed E-state index contributed by atoms with van der Waals surface area (Å²) in [6, 6.07) is 20.6. The summed E-state index contributed by atoms with van der Waals surface area (Å²) >= 11 is 0. The molecule has 1 atom stereocenters. The number of ether oxygens (including phenoxy) is 2. The summed E-state index contributed by atoms with van der Waals surface area (Å²) in [5.41, 5.74) is 3.16. The Morgan fingerprint density at radius 1 is 1.02 bits per heavy atom. The van der Waals surface area contributed by atoms with Crippen molar-refractivity contribution in [2.75, 3.05) is 44.7 Å². The fraction of sp³-hybridized carbons (Fsp3) is 0.355. The Morgan fingerprint density at radius 3 is 2.55 bits per heavy atom. The molecule has 4 N–H and O–H groups in total. The Labute approximate surface area is 233 Å². The summed E-state index contributed by atoms with van der Waals surface area (Å²) in [7, 11) is 0. The average Bonchev–Trinajstić information content (AvgIpc) is 3.36. The van der Waals surface area contributed by atoms with Crippen molar-refractivity contribution >= 4 is 39.5 Å². The van der Waals surface area contributed by atoms with Gasteiger partial charge in [0.15, 0.2) is 0 Å². The van der Waals surface area contributed by atoms with Crippen molar-refractivity contribution in [1.82, 2.24) is 15.2 Å². The number of anilines is 1. The van der Waals surface area contributed by atoms with Crippen LogP contribution in [0.1, 0.15) is 30.1 Å². The number of aromatic amines is 1. The van der Waals surface area contributed by atoms with Crippen LogP contribution >= 0.6 is 0 Å². The number of hydrogen-bond acceptors (Lipinski definition) is 6. The van der Waals surface area contributed by atoms with Crippen LogP contribution in [0.25, 0.3) is 21.8 Å². The van der Waals surface area contributed by atoms with Gasteiger partial charge in [0, 0.05) is 41.6 Å². The van der Waals surface area contributed by atoms with Gasteiger partial charge in [0.05, 0.1) is 17.7 Å². The Kier molecular flexibility index (Phi) is 8.83. The van der Waals surface area contributed by atoms with Crippen LogP contribution in [0.3, 0.4) is 0 Å². The summed E-state index contributed by atoms with van der Waals surface area (Å²) in [5.74, 6) is 0.815. The van der Waals surface area contributed by atoms with Crippen molar-refractivity contribution < 1.29 is 24.2 Å². The molecule has 3 aromatic carbocycles. The monoisotopic (exact) mass is 544 g/mol. The van der Waals surface area contributed by atoms with E-state index >= 15 is 0 Å². The molecule has 5 rings (SSSR count). The van der Waals surface area contributed by atoms with Crippen molar-refractivity contribution in [1.29, 1.82) is 0 Å². The number of aromatic nitrogens is 1. The van der Waals surface area contributed by atoms with Crippen LogP contribution in [-0.4, -0.2) is 72.5 Å². The molecule has 0 radical (unpaired) electrons. The van der Waals surface area contributed by atoms with Crippen molar-refractivity contribution in [2.24, 2.45) is 5.92 Å². The predicted octanol–water partition coefficient (Wildman–Crippen LogP) is 4.77. The highest BCUT2D eigenvalue weighted by atomic mass is 16.5. The minimum atomic E-state index is -0.637. The molecule has 9 heteroatoms. The second-order valence-corrected chi connectivity index (χ2v) is 10.1. The van der Waals surface area contributed by atoms with Gasteiger partial charge in [-0.1, -0.05) is 24.3 Å². The molecular weight excluding hydrogens is 508 g/mol. The number of carbonyl (C=O) groups excluding carboxylic acids is 2. The van der Waals surface area contributed by atoms with Crippen LogP contribution in [-0.2, 0) is 4.74 Å². The molecule has 210 valence electrons. The second-order valence-electron chi connectivity index (χ2n) is 10.1. The zero-order chi connectivity index (χ0) is 27.9. The molecule has 2 heterocycles. The highest BCUT2D eigenvalue weighted by molar-refractivity contribution is 6.10. The Hall–Kier alpha value is -4.08. The van der Waals surface area contributed by atoms with Crippen LogP contribution in [0.2, 0.25) is 0 Å². The number of aliphatic hydroxyl groups excluding tert-OH is 1. The van der Waals surface area contributed by atoms with E-state index in [2.05, 4.69) is 21.7 Å². The van der Waals surface area contributed by atoms with Gasteiger partial charge in [-0.25, -0.2) is 9.59 Å². The van der Waals surface area contributed by atoms with E-state index in [0.717, 1.165) is 46.9 Å². The number of nitrogens with zero attached hydrogens (tertiary/aromatic N) is 1. The predicted molar refractivity (Wildman–Crippen MR) is 156 cm³/mol. The van der Waals surface area contributed by atoms with E-state index in [4.69, 9.17) is 9.47 Å². The lowest BCUT2D eigenvalue weighted by molar-refractivity contribution is 0.0526. The lowest BCUT2D eigenvalue weighted by Crippen LogP contribution is -2.43. The van der Waals surface area contributed by atoms with E-state index < -0.39 is 6.10 Å². The minimum Gasteiger partial charge on any atom is -0.490 e. The van der Waals surface area contributed by atoms with Gasteiger partial charge in [-0.3, -0.25) is 0 Å². The molecule has 1 aliphatic heterocycles. The maximum absolute atomic E-state index is 12.7. The molecule has 1 aliphatic rings. The molecule has 0 bridgehead atoms. The fourth-order valence-corrected chi connectivity index (χ4v) is 5.13. The largest absolute Gasteiger partial charge is 0.490 e. The average molecular weight is 545 g/mol. The van der Waals surface area contributed by atoms with Crippen LogP contribution in [0.15, 0.2) is 66.7 Å². The Bertz CT molecular complexity index is 1440. The topological polar surface area (TPSA) is 116 Å². The van der Waals surface area contributed by atoms with Gasteiger partial charge in [0.1, 0.15) is 18.5 Å². The van der Waals surface area contributed by atoms with Crippen LogP contribution in [0.5, 0.6) is 5.75 Å². The third kappa shape index (κ3) is 6.55. The second kappa shape index (κ2) is 12.8. The summed E-state index contributed by atoms with van der Waals surface area (Å²) in [4.78, 5) is 29.7. The molecule has 0 saturated carbocycles. The van der Waals surface area contributed by atoms with Crippen LogP contribution < -0.4 is 15.4 Å². The number of fused-ring (bicyclic) bond motifs is 3. The summed E-state index contributed by atoms with van der Waals surface area (Å²) in [5, 5.41) is 18.9. The van der Waals surface area contributed by atoms with E-state index in [0.29, 0.717) is 43.4 Å². The maximum atomic E-state index is 12.7. The quantitative estimate of drug-likeness (QED) is 0.214. The van der Waals surface area contributed by atoms with Gasteiger partial charge in [0.25, 0.3) is 0 Å². The number of nitrogens with one attached hydrogen (secondary N) is 3. The first kappa shape index (κ1) is 27.5. The van der Waals surface area contributed by atoms with Gasteiger partial charge in [-0.05, 0) is 74.7 Å². The van der Waals surface area contributed by atoms with E-state index in [1.54, 1.807) is 31.2 Å². The first-order chi connectivity index (χ1) is 19.5. The number of H-pyrrole nitrogens is 1. The molecule has 1 unspecified atom stereocenters. The van der Waals surface area contributed by atoms with Gasteiger partial charge < -0.3 is 35.1 Å². The third-order valence-corrected chi connectivity index (χ3v) is 7.29. The van der Waals surface area contributed by atoms with Crippen LogP contribution in [0, 0.1) is 5.92 Å². The number of hydrogen-bond donors (Lipinski definition) is 4. The molecule has 4 aromatic rings. The minimum absolute atomic E-state index is 0.145. The lowest BCUT2D eigenvalue weighted by Gasteiger charge is -2.32. The van der Waals surface area contributed by atoms with E-state index in [9.17, 15) is 14.7 Å². The first-order valence-corrected chi connectivity index (χ1v) is 13.9. The normalized spacial score (nSPS) is 14.8. The smallest absolute Gasteiger partial charge is 0.338 e. The highest BCUT2D eigenvalue weighted by Gasteiger charge is 2.23. The number of piperidine rings is 1. The van der Waals surface area contributed by atoms with Gasteiger partial charge in [0.2, 0.25) is 0 Å². The first-order valence-electron chi connectivity index (χ1n) is 13.9. The zero-order valence-corrected chi connectivity index (χ0v) is 22.7. The SMILES string of the molecule is CCOC(=O)c1ccc(NC(=O)N2CCC(CNCC(O)COc3cccc4[nH]c5ccccc5c34)CC2)cc1. The Morgan fingerprint density at radius 2 is 1.77 bits per heavy atom. The standard InChI is InChI=1S/C31H36N4O5/c1-2-39-30(37)22-10-12-23(13-11-22)33-31(38)35-16-14-21(15-17-35)18-32-19-24(36)20-40-28-9-5-8-27-29(28)25-6-3-4-7-26(25)34-27/h3-13,21,24,32,34,36H,2,14-20H2,1H3,(H,33,38). The highest BCUT2D eigenvalue weighted by Crippen LogP contribution is 2.33. The number of para-hydroxylation sites is 1. The summed E-state index contributed by atoms with van der Waals surface area (Å²) in [6.45, 7) is 4.83. The molecule has 1 aromatic heterocycles. The number of carbonyl (C=O) groups is 2. The number of likely N-dealkylation sites (tertiary alicyclic amines) is 1. The number of amides is 2. The Balaban J connectivity index is 1.02. The number of benzene rings is 3. The van der Waals surface area contributed by atoms with E-state index in [1.807, 2.05) is 41.3 Å². The molecule has 40 heavy (non-hydrogen) atoms. The molecular formula is C31H36N4O5. The molecule has 0 aliphatic carbocycles. The van der Waals surface area contributed by atoms with Crippen molar-refractivity contribution in [3.63, 3.8) is 0 Å². The molecule has 1 saturated heterocycles. The van der Waals surface area contributed by atoms with Crippen molar-refractivity contribution in [3.05, 3.63) is 72.3 Å². The van der Waals surface area contributed by atoms with Crippen molar-refractivity contribution in [3.8, 4) is 5.75 Å². The van der Waals surface area contributed by atoms with Crippen LogP contribution in [0.4, 0.5) is 10.5 Å². The third-order valence-electron chi connectivity index (χ3n) is 7.29. The number of esters is 1. The molecule has 0 spiro atoms. The fourth-order valence-electron chi connectivity index (χ4n) is 5.13. The summed E-state index contributed by atoms with van der Waals surface area (Å²) in [6.07, 6.45) is 1.14. The molecule has 9 nitrogen and oxygen atoms in total. The lowest BCUT2D eigenvalue weighted by atomic mass is 9.97. The van der Waals surface area contributed by atoms with Crippen molar-refractivity contribution in [2.45, 2.75) is 25.9 Å². The van der Waals surface area contributed by atoms with Gasteiger partial charge in [-0.15, -0.1) is 0 Å². The zero-order valence-electron chi connectivity index (χ0n) is 22.7. The molecule has 2 amide bonds. The van der Waals surface area contributed by atoms with Gasteiger partial charge in [-0.2, -0.15) is 0 Å². The van der Waals surface area contributed by atoms with Gasteiger partial charge >= 0.3 is 12.0 Å². The number of urea groups is 1. The molecule has 1 fully saturated rings. The number of aliphatic hydroxyl groups is 1.